The van der Waals surface area contributed by atoms with Crippen molar-refractivity contribution in [3.8, 4) is 5.75 Å². The lowest BCUT2D eigenvalue weighted by Crippen LogP contribution is -2.44. The van der Waals surface area contributed by atoms with Crippen LogP contribution in [0.2, 0.25) is 0 Å². The monoisotopic (exact) mass is 500 g/mol. The standard InChI is InChI=1S/C29H32N4O4/c1-32(19-22-9-5-8-21-7-2-3-11-25(21)22)18-20-6-4-10-24(16-20)37-23-12-14-33(15-13-23)27(34)17-26-28(35)31-29(36)30-26/h2-11,16,23,26H,12-15,17-19H2,1H3,(H2,30,31,35,36)/t26-/m1/s1. The van der Waals surface area contributed by atoms with Crippen LogP contribution in [0.4, 0.5) is 4.79 Å². The molecule has 2 saturated heterocycles. The number of piperidine rings is 1. The molecule has 2 fully saturated rings. The maximum absolute atomic E-state index is 12.6. The zero-order valence-electron chi connectivity index (χ0n) is 21.0. The van der Waals surface area contributed by atoms with Crippen molar-refractivity contribution in [1.29, 1.82) is 0 Å². The van der Waals surface area contributed by atoms with E-state index >= 15 is 0 Å². The Morgan fingerprint density at radius 1 is 1.00 bits per heavy atom. The van der Waals surface area contributed by atoms with E-state index in [1.165, 1.54) is 21.9 Å². The van der Waals surface area contributed by atoms with Gasteiger partial charge in [-0.05, 0) is 41.1 Å². The molecule has 2 heterocycles. The van der Waals surface area contributed by atoms with Crippen LogP contribution in [0.3, 0.4) is 0 Å². The normalized spacial score (nSPS) is 18.2. The number of nitrogens with one attached hydrogen (secondary N) is 2. The van der Waals surface area contributed by atoms with E-state index < -0.39 is 18.0 Å². The molecule has 0 radical (unpaired) electrons. The fraction of sp³-hybridized carbons (Fsp3) is 0.345. The summed E-state index contributed by atoms with van der Waals surface area (Å²) in [5.74, 6) is 0.266. The number of carbonyl (C=O) groups is 3. The van der Waals surface area contributed by atoms with Crippen molar-refractivity contribution in [2.75, 3.05) is 20.1 Å². The molecule has 2 aliphatic rings. The lowest BCUT2D eigenvalue weighted by molar-refractivity contribution is -0.135. The Labute approximate surface area is 216 Å². The lowest BCUT2D eigenvalue weighted by atomic mass is 10.0. The van der Waals surface area contributed by atoms with Crippen LogP contribution in [0, 0.1) is 0 Å². The minimum atomic E-state index is -0.782. The summed E-state index contributed by atoms with van der Waals surface area (Å²) >= 11 is 0. The largest absolute Gasteiger partial charge is 0.490 e. The van der Waals surface area contributed by atoms with E-state index in [2.05, 4.69) is 77.2 Å². The molecule has 0 unspecified atom stereocenters. The van der Waals surface area contributed by atoms with Gasteiger partial charge in [-0.3, -0.25) is 19.8 Å². The molecule has 5 rings (SSSR count). The minimum Gasteiger partial charge on any atom is -0.490 e. The second-order valence-corrected chi connectivity index (χ2v) is 9.88. The van der Waals surface area contributed by atoms with Gasteiger partial charge in [0, 0.05) is 39.0 Å². The molecule has 3 aromatic rings. The van der Waals surface area contributed by atoms with Crippen molar-refractivity contribution in [3.05, 3.63) is 77.9 Å². The third-order valence-corrected chi connectivity index (χ3v) is 7.01. The summed E-state index contributed by atoms with van der Waals surface area (Å²) in [5, 5.41) is 7.19. The number of carbonyl (C=O) groups excluding carboxylic acids is 3. The van der Waals surface area contributed by atoms with Crippen molar-refractivity contribution in [2.45, 2.75) is 44.5 Å². The van der Waals surface area contributed by atoms with E-state index in [-0.39, 0.29) is 18.4 Å². The van der Waals surface area contributed by atoms with Crippen molar-refractivity contribution >= 4 is 28.6 Å². The van der Waals surface area contributed by atoms with Crippen LogP contribution in [-0.2, 0) is 22.7 Å². The Morgan fingerprint density at radius 3 is 2.54 bits per heavy atom. The molecule has 8 nitrogen and oxygen atoms in total. The number of hydrogen-bond acceptors (Lipinski definition) is 5. The molecule has 0 aliphatic carbocycles. The Morgan fingerprint density at radius 2 is 1.76 bits per heavy atom. The summed E-state index contributed by atoms with van der Waals surface area (Å²) < 4.78 is 6.27. The highest BCUT2D eigenvalue weighted by Crippen LogP contribution is 2.23. The summed E-state index contributed by atoms with van der Waals surface area (Å²) in [5.41, 5.74) is 2.50. The summed E-state index contributed by atoms with van der Waals surface area (Å²) in [4.78, 5) is 39.6. The Balaban J connectivity index is 1.11. The Kier molecular flexibility index (Phi) is 7.37. The SMILES string of the molecule is CN(Cc1cccc(OC2CCN(C(=O)C[C@H]3NC(=O)NC3=O)CC2)c1)Cc1cccc2ccccc12. The van der Waals surface area contributed by atoms with Crippen molar-refractivity contribution in [3.63, 3.8) is 0 Å². The Hall–Kier alpha value is -3.91. The van der Waals surface area contributed by atoms with Gasteiger partial charge in [0.2, 0.25) is 5.91 Å². The molecule has 192 valence electrons. The number of benzene rings is 3. The minimum absolute atomic E-state index is 0.0164. The van der Waals surface area contributed by atoms with Crippen LogP contribution in [0.25, 0.3) is 10.8 Å². The third kappa shape index (κ3) is 6.09. The zero-order chi connectivity index (χ0) is 25.8. The molecule has 0 spiro atoms. The first-order valence-corrected chi connectivity index (χ1v) is 12.7. The molecule has 4 amide bonds. The first kappa shape index (κ1) is 24.8. The number of urea groups is 1. The molecule has 3 aromatic carbocycles. The molecule has 0 saturated carbocycles. The van der Waals surface area contributed by atoms with Gasteiger partial charge in [0.15, 0.2) is 0 Å². The average molecular weight is 501 g/mol. The van der Waals surface area contributed by atoms with E-state index in [9.17, 15) is 14.4 Å². The number of fused-ring (bicyclic) bond motifs is 1. The van der Waals surface area contributed by atoms with E-state index in [0.29, 0.717) is 13.1 Å². The molecular formula is C29H32N4O4. The number of likely N-dealkylation sites (tertiary alicyclic amines) is 1. The van der Waals surface area contributed by atoms with Gasteiger partial charge in [-0.25, -0.2) is 4.79 Å². The van der Waals surface area contributed by atoms with E-state index in [0.717, 1.165) is 31.7 Å². The summed E-state index contributed by atoms with van der Waals surface area (Å²) in [6, 6.07) is 21.8. The summed E-state index contributed by atoms with van der Waals surface area (Å²) in [7, 11) is 2.13. The molecule has 2 aliphatic heterocycles. The quantitative estimate of drug-likeness (QED) is 0.463. The topological polar surface area (TPSA) is 91.0 Å². The van der Waals surface area contributed by atoms with E-state index in [1.54, 1.807) is 4.90 Å². The first-order valence-electron chi connectivity index (χ1n) is 12.7. The molecule has 2 N–H and O–H groups in total. The van der Waals surface area contributed by atoms with Gasteiger partial charge in [-0.15, -0.1) is 0 Å². The first-order chi connectivity index (χ1) is 17.9. The van der Waals surface area contributed by atoms with Gasteiger partial charge in [0.25, 0.3) is 5.91 Å². The van der Waals surface area contributed by atoms with Gasteiger partial charge in [0.1, 0.15) is 17.9 Å². The molecule has 8 heteroatoms. The van der Waals surface area contributed by atoms with Crippen molar-refractivity contribution in [1.82, 2.24) is 20.4 Å². The fourth-order valence-electron chi connectivity index (χ4n) is 5.13. The van der Waals surface area contributed by atoms with Gasteiger partial charge in [0.05, 0.1) is 6.42 Å². The van der Waals surface area contributed by atoms with Gasteiger partial charge in [-0.2, -0.15) is 0 Å². The van der Waals surface area contributed by atoms with Crippen molar-refractivity contribution < 1.29 is 19.1 Å². The second kappa shape index (κ2) is 11.0. The maximum Gasteiger partial charge on any atom is 0.322 e. The number of amides is 4. The lowest BCUT2D eigenvalue weighted by Gasteiger charge is -2.32. The highest BCUT2D eigenvalue weighted by Gasteiger charge is 2.33. The molecular weight excluding hydrogens is 468 g/mol. The maximum atomic E-state index is 12.6. The van der Waals surface area contributed by atoms with E-state index in [1.807, 2.05) is 12.1 Å². The molecule has 1 atom stereocenters. The van der Waals surface area contributed by atoms with Crippen LogP contribution in [0.15, 0.2) is 66.7 Å². The number of imide groups is 1. The number of nitrogens with zero attached hydrogens (tertiary/aromatic N) is 2. The van der Waals surface area contributed by atoms with Crippen LogP contribution in [-0.4, -0.2) is 59.9 Å². The van der Waals surface area contributed by atoms with Crippen molar-refractivity contribution in [2.24, 2.45) is 0 Å². The summed E-state index contributed by atoms with van der Waals surface area (Å²) in [6.07, 6.45) is 1.46. The van der Waals surface area contributed by atoms with Gasteiger partial charge >= 0.3 is 6.03 Å². The zero-order valence-corrected chi connectivity index (χ0v) is 21.0. The van der Waals surface area contributed by atoms with Gasteiger partial charge in [-0.1, -0.05) is 54.6 Å². The highest BCUT2D eigenvalue weighted by atomic mass is 16.5. The Bertz CT molecular complexity index is 1300. The van der Waals surface area contributed by atoms with Crippen LogP contribution in [0.5, 0.6) is 5.75 Å². The molecule has 0 aromatic heterocycles. The summed E-state index contributed by atoms with van der Waals surface area (Å²) in [6.45, 7) is 2.79. The molecule has 37 heavy (non-hydrogen) atoms. The fourth-order valence-corrected chi connectivity index (χ4v) is 5.13. The third-order valence-electron chi connectivity index (χ3n) is 7.01. The smallest absolute Gasteiger partial charge is 0.322 e. The van der Waals surface area contributed by atoms with Crippen LogP contribution in [0.1, 0.15) is 30.4 Å². The number of rotatable bonds is 8. The van der Waals surface area contributed by atoms with Gasteiger partial charge < -0.3 is 15.0 Å². The van der Waals surface area contributed by atoms with Crippen LogP contribution < -0.4 is 15.4 Å². The predicted octanol–water partition coefficient (Wildman–Crippen LogP) is 3.44. The second-order valence-electron chi connectivity index (χ2n) is 9.88. The van der Waals surface area contributed by atoms with E-state index in [4.69, 9.17) is 4.74 Å². The average Bonchev–Trinajstić information content (AvgIpc) is 3.21. The molecule has 0 bridgehead atoms. The number of ether oxygens (including phenoxy) is 1. The predicted molar refractivity (Wildman–Crippen MR) is 141 cm³/mol. The number of hydrogen-bond donors (Lipinski definition) is 2. The van der Waals surface area contributed by atoms with Crippen LogP contribution >= 0.6 is 0 Å². The highest BCUT2D eigenvalue weighted by molar-refractivity contribution is 6.05.